The summed E-state index contributed by atoms with van der Waals surface area (Å²) < 4.78 is 6.73. The smallest absolute Gasteiger partial charge is 0.347 e. The highest BCUT2D eigenvalue weighted by Gasteiger charge is 2.23. The van der Waals surface area contributed by atoms with E-state index in [9.17, 15) is 14.7 Å². The molecule has 0 aliphatic heterocycles. The molecule has 2 N–H and O–H groups in total. The van der Waals surface area contributed by atoms with E-state index in [-0.39, 0.29) is 11.3 Å². The van der Waals surface area contributed by atoms with Crippen molar-refractivity contribution >= 4 is 16.9 Å². The first-order chi connectivity index (χ1) is 12.3. The van der Waals surface area contributed by atoms with Gasteiger partial charge in [0.05, 0.1) is 12.8 Å². The molecule has 0 aliphatic carbocycles. The minimum atomic E-state index is -0.852. The Morgan fingerprint density at radius 2 is 2.00 bits per heavy atom. The zero-order chi connectivity index (χ0) is 19.2. The van der Waals surface area contributed by atoms with Crippen LogP contribution in [-0.4, -0.2) is 27.7 Å². The number of nitrogens with one attached hydrogen (secondary N) is 1. The largest absolute Gasteiger partial charge is 0.506 e. The third kappa shape index (κ3) is 2.49. The summed E-state index contributed by atoms with van der Waals surface area (Å²) in [4.78, 5) is 26.9. The number of rotatable bonds is 3. The third-order valence-electron chi connectivity index (χ3n) is 5.13. The molecule has 2 heterocycles. The van der Waals surface area contributed by atoms with E-state index in [2.05, 4.69) is 28.1 Å². The number of benzene rings is 1. The number of ether oxygens (including phenoxy) is 1. The highest BCUT2D eigenvalue weighted by molar-refractivity contribution is 5.94. The van der Waals surface area contributed by atoms with E-state index in [0.29, 0.717) is 17.7 Å². The molecular weight excluding hydrogens is 332 g/mol. The molecule has 0 atom stereocenters. The number of aromatic hydroxyl groups is 1. The first-order valence-corrected chi connectivity index (χ1v) is 8.44. The van der Waals surface area contributed by atoms with Gasteiger partial charge >= 0.3 is 5.97 Å². The highest BCUT2D eigenvalue weighted by atomic mass is 16.5. The van der Waals surface area contributed by atoms with Gasteiger partial charge in [-0.3, -0.25) is 4.79 Å². The first kappa shape index (κ1) is 17.8. The normalized spacial score (nSPS) is 11.1. The number of aromatic nitrogens is 2. The van der Waals surface area contributed by atoms with E-state index in [1.165, 1.54) is 18.4 Å². The SMILES string of the molecule is CCc1c(-c2ccc3c(c2)c(C)c(C)n3C)[nH]c(=O)c(C(=O)OC)c1O. The van der Waals surface area contributed by atoms with Crippen LogP contribution in [0.25, 0.3) is 22.2 Å². The van der Waals surface area contributed by atoms with Gasteiger partial charge in [-0.15, -0.1) is 0 Å². The van der Waals surface area contributed by atoms with Crippen molar-refractivity contribution in [3.63, 3.8) is 0 Å². The quantitative estimate of drug-likeness (QED) is 0.708. The Morgan fingerprint density at radius 3 is 2.62 bits per heavy atom. The molecule has 0 aliphatic rings. The lowest BCUT2D eigenvalue weighted by atomic mass is 9.99. The fraction of sp³-hybridized carbons (Fsp3) is 0.300. The van der Waals surface area contributed by atoms with Crippen molar-refractivity contribution in [1.29, 1.82) is 0 Å². The molecule has 0 radical (unpaired) electrons. The fourth-order valence-corrected chi connectivity index (χ4v) is 3.42. The Balaban J connectivity index is 2.30. The molecular formula is C20H22N2O4. The van der Waals surface area contributed by atoms with Crippen molar-refractivity contribution in [2.75, 3.05) is 7.11 Å². The number of pyridine rings is 1. The fourth-order valence-electron chi connectivity index (χ4n) is 3.42. The number of hydrogen-bond donors (Lipinski definition) is 2. The number of nitrogens with zero attached hydrogens (tertiary/aromatic N) is 1. The van der Waals surface area contributed by atoms with Crippen LogP contribution in [0, 0.1) is 13.8 Å². The summed E-state index contributed by atoms with van der Waals surface area (Å²) in [6, 6.07) is 5.90. The van der Waals surface area contributed by atoms with Crippen LogP contribution < -0.4 is 5.56 Å². The molecule has 0 amide bonds. The van der Waals surface area contributed by atoms with Crippen molar-refractivity contribution in [3.05, 3.63) is 50.9 Å². The second-order valence-corrected chi connectivity index (χ2v) is 6.38. The van der Waals surface area contributed by atoms with Crippen molar-refractivity contribution in [2.24, 2.45) is 7.05 Å². The molecule has 0 saturated heterocycles. The number of esters is 1. The van der Waals surface area contributed by atoms with E-state index >= 15 is 0 Å². The van der Waals surface area contributed by atoms with E-state index in [0.717, 1.165) is 16.5 Å². The number of methoxy groups -OCH3 is 1. The third-order valence-corrected chi connectivity index (χ3v) is 5.13. The number of hydrogen-bond acceptors (Lipinski definition) is 4. The van der Waals surface area contributed by atoms with Crippen molar-refractivity contribution in [3.8, 4) is 17.0 Å². The van der Waals surface area contributed by atoms with Gasteiger partial charge in [-0.1, -0.05) is 13.0 Å². The number of fused-ring (bicyclic) bond motifs is 1. The Kier molecular flexibility index (Phi) is 4.36. The molecule has 2 aromatic heterocycles. The molecule has 0 saturated carbocycles. The second-order valence-electron chi connectivity index (χ2n) is 6.38. The standard InChI is InChI=1S/C20H22N2O4/c1-6-13-17(21-19(24)16(18(13)23)20(25)26-5)12-7-8-15-14(9-12)10(2)11(3)22(15)4/h7-9H,6H2,1-5H3,(H2,21,23,24). The number of H-pyrrole nitrogens is 1. The molecule has 26 heavy (non-hydrogen) atoms. The summed E-state index contributed by atoms with van der Waals surface area (Å²) in [5.41, 5.74) is 4.22. The van der Waals surface area contributed by atoms with E-state index < -0.39 is 11.5 Å². The molecule has 0 unspecified atom stereocenters. The molecule has 1 aromatic carbocycles. The molecule has 0 bridgehead atoms. The van der Waals surface area contributed by atoms with E-state index in [1.54, 1.807) is 0 Å². The van der Waals surface area contributed by atoms with Crippen LogP contribution in [0.2, 0.25) is 0 Å². The van der Waals surface area contributed by atoms with Gasteiger partial charge in [0, 0.05) is 29.2 Å². The van der Waals surface area contributed by atoms with Gasteiger partial charge < -0.3 is 19.4 Å². The van der Waals surface area contributed by atoms with Gasteiger partial charge in [0.25, 0.3) is 5.56 Å². The average Bonchev–Trinajstić information content (AvgIpc) is 2.85. The Bertz CT molecular complexity index is 1090. The summed E-state index contributed by atoms with van der Waals surface area (Å²) in [5, 5.41) is 11.6. The topological polar surface area (TPSA) is 84.3 Å². The molecule has 3 aromatic rings. The summed E-state index contributed by atoms with van der Waals surface area (Å²) in [6.45, 7) is 5.97. The monoisotopic (exact) mass is 354 g/mol. The summed E-state index contributed by atoms with van der Waals surface area (Å²) in [7, 11) is 3.19. The number of aromatic amines is 1. The van der Waals surface area contributed by atoms with Gasteiger partial charge in [0.1, 0.15) is 5.75 Å². The Morgan fingerprint density at radius 1 is 1.31 bits per heavy atom. The van der Waals surface area contributed by atoms with Gasteiger partial charge in [-0.25, -0.2) is 4.79 Å². The minimum Gasteiger partial charge on any atom is -0.506 e. The maximum absolute atomic E-state index is 12.4. The zero-order valence-corrected chi connectivity index (χ0v) is 15.6. The van der Waals surface area contributed by atoms with Crippen LogP contribution in [0.1, 0.15) is 34.1 Å². The van der Waals surface area contributed by atoms with Crippen LogP contribution in [0.5, 0.6) is 5.75 Å². The number of carbonyl (C=O) groups is 1. The van der Waals surface area contributed by atoms with Crippen molar-refractivity contribution in [1.82, 2.24) is 9.55 Å². The van der Waals surface area contributed by atoms with Gasteiger partial charge in [-0.05, 0) is 43.5 Å². The van der Waals surface area contributed by atoms with Crippen molar-refractivity contribution < 1.29 is 14.6 Å². The van der Waals surface area contributed by atoms with Gasteiger partial charge in [0.2, 0.25) is 0 Å². The lowest BCUT2D eigenvalue weighted by Crippen LogP contribution is -2.21. The molecule has 6 nitrogen and oxygen atoms in total. The minimum absolute atomic E-state index is 0.320. The lowest BCUT2D eigenvalue weighted by molar-refractivity contribution is 0.0595. The van der Waals surface area contributed by atoms with Gasteiger partial charge in [0.15, 0.2) is 5.56 Å². The van der Waals surface area contributed by atoms with Crippen LogP contribution in [0.4, 0.5) is 0 Å². The lowest BCUT2D eigenvalue weighted by Gasteiger charge is -2.13. The predicted molar refractivity (Wildman–Crippen MR) is 101 cm³/mol. The average molecular weight is 354 g/mol. The molecule has 3 rings (SSSR count). The first-order valence-electron chi connectivity index (χ1n) is 8.44. The van der Waals surface area contributed by atoms with Crippen LogP contribution in [-0.2, 0) is 18.2 Å². The van der Waals surface area contributed by atoms with Crippen LogP contribution in [0.3, 0.4) is 0 Å². The van der Waals surface area contributed by atoms with Crippen LogP contribution in [0.15, 0.2) is 23.0 Å². The Hall–Kier alpha value is -3.02. The van der Waals surface area contributed by atoms with Gasteiger partial charge in [-0.2, -0.15) is 0 Å². The second kappa shape index (κ2) is 6.37. The molecule has 0 fully saturated rings. The highest BCUT2D eigenvalue weighted by Crippen LogP contribution is 2.33. The predicted octanol–water partition coefficient (Wildman–Crippen LogP) is 3.21. The summed E-state index contributed by atoms with van der Waals surface area (Å²) >= 11 is 0. The summed E-state index contributed by atoms with van der Waals surface area (Å²) in [5.74, 6) is -1.17. The zero-order valence-electron chi connectivity index (χ0n) is 15.6. The van der Waals surface area contributed by atoms with Crippen molar-refractivity contribution in [2.45, 2.75) is 27.2 Å². The molecule has 136 valence electrons. The molecule has 0 spiro atoms. The Labute approximate surface area is 151 Å². The van der Waals surface area contributed by atoms with E-state index in [1.807, 2.05) is 32.2 Å². The summed E-state index contributed by atoms with van der Waals surface area (Å²) in [6.07, 6.45) is 0.451. The van der Waals surface area contributed by atoms with E-state index in [4.69, 9.17) is 0 Å². The number of carbonyl (C=O) groups excluding carboxylic acids is 1. The number of aryl methyl sites for hydroxylation is 2. The van der Waals surface area contributed by atoms with Crippen LogP contribution >= 0.6 is 0 Å². The maximum Gasteiger partial charge on any atom is 0.347 e. The maximum atomic E-state index is 12.4. The molecule has 6 heteroatoms.